The second-order valence-electron chi connectivity index (χ2n) is 3.74. The van der Waals surface area contributed by atoms with Gasteiger partial charge in [-0.05, 0) is 24.4 Å². The van der Waals surface area contributed by atoms with Gasteiger partial charge in [0, 0.05) is 29.2 Å². The highest BCUT2D eigenvalue weighted by Gasteiger charge is 2.07. The van der Waals surface area contributed by atoms with Crippen molar-refractivity contribution >= 4 is 11.3 Å². The second kappa shape index (κ2) is 5.58. The van der Waals surface area contributed by atoms with Gasteiger partial charge in [0.15, 0.2) is 0 Å². The van der Waals surface area contributed by atoms with E-state index in [1.807, 2.05) is 18.2 Å². The molecular weight excluding hydrogens is 230 g/mol. The van der Waals surface area contributed by atoms with Crippen molar-refractivity contribution in [1.29, 1.82) is 5.26 Å². The average molecular weight is 243 g/mol. The lowest BCUT2D eigenvalue weighted by molar-refractivity contribution is 0.581. The molecule has 0 unspecified atom stereocenters. The van der Waals surface area contributed by atoms with Crippen molar-refractivity contribution in [2.45, 2.75) is 19.5 Å². The molecule has 4 heteroatoms. The summed E-state index contributed by atoms with van der Waals surface area (Å²) in [7, 11) is 0. The molecule has 86 valence electrons. The van der Waals surface area contributed by atoms with Crippen molar-refractivity contribution in [3.63, 3.8) is 0 Å². The Hall–Kier alpha value is -1.70. The topological polar surface area (TPSA) is 48.7 Å². The molecule has 0 spiro atoms. The monoisotopic (exact) mass is 243 g/mol. The average Bonchev–Trinajstić information content (AvgIpc) is 2.90. The highest BCUT2D eigenvalue weighted by molar-refractivity contribution is 7.10. The number of aromatic nitrogens is 1. The van der Waals surface area contributed by atoms with E-state index in [0.717, 1.165) is 5.56 Å². The third-order valence-corrected chi connectivity index (χ3v) is 3.62. The predicted molar refractivity (Wildman–Crippen MR) is 68.5 cm³/mol. The summed E-state index contributed by atoms with van der Waals surface area (Å²) in [5, 5.41) is 14.4. The lowest BCUT2D eigenvalue weighted by Crippen LogP contribution is -2.18. The fraction of sp³-hybridized carbons (Fsp3) is 0.231. The van der Waals surface area contributed by atoms with Gasteiger partial charge in [0.05, 0.1) is 0 Å². The maximum absolute atomic E-state index is 8.93. The molecule has 0 aliphatic carbocycles. The van der Waals surface area contributed by atoms with E-state index in [4.69, 9.17) is 5.26 Å². The van der Waals surface area contributed by atoms with Gasteiger partial charge in [-0.15, -0.1) is 11.3 Å². The molecule has 3 nitrogen and oxygen atoms in total. The van der Waals surface area contributed by atoms with Crippen LogP contribution in [-0.2, 0) is 6.54 Å². The van der Waals surface area contributed by atoms with Crippen molar-refractivity contribution in [2.75, 3.05) is 0 Å². The molecule has 0 aliphatic rings. The van der Waals surface area contributed by atoms with Crippen LogP contribution >= 0.6 is 11.3 Å². The molecule has 0 saturated carbocycles. The van der Waals surface area contributed by atoms with Crippen molar-refractivity contribution in [2.24, 2.45) is 0 Å². The highest BCUT2D eigenvalue weighted by atomic mass is 32.1. The summed E-state index contributed by atoms with van der Waals surface area (Å²) in [6.45, 7) is 2.78. The Morgan fingerprint density at radius 1 is 1.47 bits per heavy atom. The van der Waals surface area contributed by atoms with Crippen LogP contribution in [0, 0.1) is 11.3 Å². The van der Waals surface area contributed by atoms with Crippen LogP contribution in [0.4, 0.5) is 0 Å². The quantitative estimate of drug-likeness (QED) is 0.898. The van der Waals surface area contributed by atoms with Gasteiger partial charge in [0.25, 0.3) is 0 Å². The Bertz CT molecular complexity index is 514. The Morgan fingerprint density at radius 2 is 2.35 bits per heavy atom. The molecule has 17 heavy (non-hydrogen) atoms. The van der Waals surface area contributed by atoms with Gasteiger partial charge >= 0.3 is 0 Å². The van der Waals surface area contributed by atoms with Crippen LogP contribution in [0.1, 0.15) is 29.1 Å². The summed E-state index contributed by atoms with van der Waals surface area (Å²) in [6.07, 6.45) is 1.64. The van der Waals surface area contributed by atoms with Crippen molar-refractivity contribution in [3.05, 3.63) is 52.0 Å². The number of thiophene rings is 1. The Kier molecular flexibility index (Phi) is 3.86. The van der Waals surface area contributed by atoms with E-state index in [9.17, 15) is 0 Å². The number of nitriles is 1. The molecule has 2 aromatic rings. The predicted octanol–water partition coefficient (Wildman–Crippen LogP) is 2.87. The first-order chi connectivity index (χ1) is 8.31. The van der Waals surface area contributed by atoms with E-state index >= 15 is 0 Å². The number of rotatable bonds is 4. The Balaban J connectivity index is 2.01. The van der Waals surface area contributed by atoms with E-state index in [1.165, 1.54) is 4.88 Å². The smallest absolute Gasteiger partial charge is 0.144 e. The van der Waals surface area contributed by atoms with Gasteiger partial charge in [0.1, 0.15) is 11.8 Å². The third kappa shape index (κ3) is 2.90. The van der Waals surface area contributed by atoms with Crippen LogP contribution in [0.25, 0.3) is 0 Å². The third-order valence-electron chi connectivity index (χ3n) is 2.57. The largest absolute Gasteiger partial charge is 0.305 e. The summed E-state index contributed by atoms with van der Waals surface area (Å²) in [5.41, 5.74) is 1.44. The molecule has 2 rings (SSSR count). The minimum atomic E-state index is 0.293. The van der Waals surface area contributed by atoms with Crippen LogP contribution in [0.2, 0.25) is 0 Å². The highest BCUT2D eigenvalue weighted by Crippen LogP contribution is 2.18. The van der Waals surface area contributed by atoms with Crippen molar-refractivity contribution in [1.82, 2.24) is 10.3 Å². The normalized spacial score (nSPS) is 12.0. The van der Waals surface area contributed by atoms with Gasteiger partial charge in [-0.2, -0.15) is 5.26 Å². The molecule has 0 aromatic carbocycles. The van der Waals surface area contributed by atoms with Crippen molar-refractivity contribution < 1.29 is 0 Å². The van der Waals surface area contributed by atoms with Crippen LogP contribution in [0.15, 0.2) is 35.8 Å². The minimum Gasteiger partial charge on any atom is -0.305 e. The van der Waals surface area contributed by atoms with E-state index in [1.54, 1.807) is 17.5 Å². The first kappa shape index (κ1) is 11.8. The summed E-state index contributed by atoms with van der Waals surface area (Å²) < 4.78 is 0. The molecule has 2 aromatic heterocycles. The standard InChI is InChI=1S/C13H13N3S/c1-10(13-5-3-7-17-13)16-9-11-4-2-6-15-12(11)8-14/h2-7,10,16H,9H2,1H3/t10-/m1/s1. The number of pyridine rings is 1. The summed E-state index contributed by atoms with van der Waals surface area (Å²) in [6, 6.07) is 10.3. The molecule has 1 atom stereocenters. The lowest BCUT2D eigenvalue weighted by Gasteiger charge is -2.12. The van der Waals surface area contributed by atoms with Crippen LogP contribution in [0.5, 0.6) is 0 Å². The lowest BCUT2D eigenvalue weighted by atomic mass is 10.2. The fourth-order valence-electron chi connectivity index (χ4n) is 1.58. The molecule has 0 bridgehead atoms. The Labute approximate surface area is 105 Å². The zero-order valence-electron chi connectivity index (χ0n) is 9.55. The molecule has 0 amide bonds. The maximum Gasteiger partial charge on any atom is 0.144 e. The summed E-state index contributed by atoms with van der Waals surface area (Å²) >= 11 is 1.73. The van der Waals surface area contributed by atoms with Crippen LogP contribution in [-0.4, -0.2) is 4.98 Å². The van der Waals surface area contributed by atoms with E-state index in [-0.39, 0.29) is 0 Å². The van der Waals surface area contributed by atoms with Gasteiger partial charge in [-0.25, -0.2) is 4.98 Å². The molecule has 2 heterocycles. The minimum absolute atomic E-state index is 0.293. The maximum atomic E-state index is 8.93. The summed E-state index contributed by atoms with van der Waals surface area (Å²) in [4.78, 5) is 5.34. The zero-order valence-corrected chi connectivity index (χ0v) is 10.4. The molecule has 0 aliphatic heterocycles. The number of hydrogen-bond donors (Lipinski definition) is 1. The van der Waals surface area contributed by atoms with Crippen LogP contribution < -0.4 is 5.32 Å². The molecule has 0 fully saturated rings. The molecule has 1 N–H and O–H groups in total. The SMILES string of the molecule is C[C@@H](NCc1cccnc1C#N)c1cccs1. The Morgan fingerprint density at radius 3 is 3.06 bits per heavy atom. The van der Waals surface area contributed by atoms with Gasteiger partial charge < -0.3 is 5.32 Å². The number of nitrogens with one attached hydrogen (secondary N) is 1. The van der Waals surface area contributed by atoms with E-state index < -0.39 is 0 Å². The second-order valence-corrected chi connectivity index (χ2v) is 4.72. The summed E-state index contributed by atoms with van der Waals surface area (Å²) in [5.74, 6) is 0. The number of nitrogens with zero attached hydrogens (tertiary/aromatic N) is 2. The van der Waals surface area contributed by atoms with Crippen molar-refractivity contribution in [3.8, 4) is 6.07 Å². The van der Waals surface area contributed by atoms with E-state index in [2.05, 4.69) is 34.7 Å². The van der Waals surface area contributed by atoms with E-state index in [0.29, 0.717) is 18.3 Å². The van der Waals surface area contributed by atoms with Crippen LogP contribution in [0.3, 0.4) is 0 Å². The molecular formula is C13H13N3S. The van der Waals surface area contributed by atoms with Gasteiger partial charge in [-0.3, -0.25) is 0 Å². The van der Waals surface area contributed by atoms with Gasteiger partial charge in [0.2, 0.25) is 0 Å². The number of hydrogen-bond acceptors (Lipinski definition) is 4. The molecule has 0 radical (unpaired) electrons. The molecule has 0 saturated heterocycles. The fourth-order valence-corrected chi connectivity index (χ4v) is 2.34. The first-order valence-corrected chi connectivity index (χ1v) is 6.30. The first-order valence-electron chi connectivity index (χ1n) is 5.42. The zero-order chi connectivity index (χ0) is 12.1. The van der Waals surface area contributed by atoms with Gasteiger partial charge in [-0.1, -0.05) is 12.1 Å².